The number of ether oxygens (including phenoxy) is 10. The predicted molar refractivity (Wildman–Crippen MR) is 497 cm³/mol. The highest BCUT2D eigenvalue weighted by Crippen LogP contribution is 2.43. The second-order valence-corrected chi connectivity index (χ2v) is 35.3. The molecule has 28 atom stereocenters. The van der Waals surface area contributed by atoms with E-state index in [0.29, 0.717) is 24.0 Å². The summed E-state index contributed by atoms with van der Waals surface area (Å²) in [6.07, 6.45) is -0.534. The lowest BCUT2D eigenvalue weighted by atomic mass is 9.98. The van der Waals surface area contributed by atoms with Crippen LogP contribution in [0.25, 0.3) is 0 Å². The van der Waals surface area contributed by atoms with Gasteiger partial charge in [0.2, 0.25) is 11.8 Å². The first-order valence-corrected chi connectivity index (χ1v) is 47.2. The number of hydrogen-bond donors (Lipinski definition) is 8. The van der Waals surface area contributed by atoms with E-state index in [1.807, 2.05) is 74.4 Å². The molecule has 37 nitrogen and oxygen atoms in total. The number of aliphatic hydroxyl groups excluding tert-OH is 7. The number of carbonyl (C=O) groups excluding carboxylic acids is 3. The van der Waals surface area contributed by atoms with Crippen molar-refractivity contribution in [1.29, 1.82) is 0 Å². The lowest BCUT2D eigenvalue weighted by Crippen LogP contribution is -2.38. The quantitative estimate of drug-likeness (QED) is 0.0153. The van der Waals surface area contributed by atoms with E-state index in [9.17, 15) is 100 Å². The van der Waals surface area contributed by atoms with E-state index in [1.165, 1.54) is 104 Å². The number of halogens is 3. The summed E-state index contributed by atoms with van der Waals surface area (Å²) in [5.74, 6) is -1.86. The van der Waals surface area contributed by atoms with E-state index >= 15 is 0 Å². The maximum absolute atomic E-state index is 12.6. The van der Waals surface area contributed by atoms with Crippen LogP contribution < -0.4 is 38.9 Å². The topological polar surface area (TPSA) is 493 Å². The van der Waals surface area contributed by atoms with Crippen molar-refractivity contribution in [2.75, 3.05) is 6.61 Å². The van der Waals surface area contributed by atoms with Gasteiger partial charge in [-0.1, -0.05) is 155 Å². The second-order valence-electron chi connectivity index (χ2n) is 33.8. The lowest BCUT2D eigenvalue weighted by Gasteiger charge is -2.23. The van der Waals surface area contributed by atoms with E-state index in [2.05, 4.69) is 9.17 Å². The van der Waals surface area contributed by atoms with Crippen molar-refractivity contribution in [2.45, 2.75) is 268 Å². The van der Waals surface area contributed by atoms with Crippen LogP contribution in [0.2, 0.25) is 0 Å². The van der Waals surface area contributed by atoms with Gasteiger partial charge < -0.3 is 88.1 Å². The van der Waals surface area contributed by atoms with Crippen LogP contribution in [0, 0.1) is 29.6 Å². The molecule has 0 bridgehead atoms. The van der Waals surface area contributed by atoms with Crippen LogP contribution in [-0.4, -0.2) is 211 Å². The number of alkyl halides is 3. The molecule has 7 saturated heterocycles. The van der Waals surface area contributed by atoms with Crippen LogP contribution in [-0.2, 0) is 66.5 Å². The SMILES string of the molecule is CC[C@H]1O[C@@H](OC(C)=O)[C@H](OC(=O)c2ccccc2)[C@@H]1C.CC[C@H]1O[C@@H](n2ccccc2=O)[C@H](O)[C@@H]1C.CC[C@H]1O[C@@H](n2ccccc2=O)[C@H](O)[C@@H]1C.CC[C@H]1O[C@@H](n2ccccc2=O)[C@H](O)[C@@H]1O.CC[C@H]1O[C@@H](n2ccccc2=O)[C@H](OC(=O)c2ccccc2)[C@@H]1C.CC[C@H]1O[C@@H](n2ccccc2=O)[C@H](OS(=O)(=O)C(F)(F)F)[C@@H]1C.O=c1cccc[nH]1.O=c1ccccn1[C@@H]1O[C@H](CO)[C@@H](O)[C@H]1O. The zero-order valence-electron chi connectivity index (χ0n) is 78.8. The van der Waals surface area contributed by atoms with Crippen LogP contribution in [0.1, 0.15) is 180 Å². The Labute approximate surface area is 799 Å². The molecule has 2 aromatic carbocycles. The van der Waals surface area contributed by atoms with Gasteiger partial charge in [-0.3, -0.25) is 69.9 Å². The first kappa shape index (κ1) is 111. The third kappa shape index (κ3) is 28.5. The molecule has 41 heteroatoms. The highest BCUT2D eigenvalue weighted by Gasteiger charge is 2.55. The highest BCUT2D eigenvalue weighted by atomic mass is 32.2. The Hall–Kier alpha value is -11.4. The minimum absolute atomic E-state index is 0.000214. The summed E-state index contributed by atoms with van der Waals surface area (Å²) in [6, 6.07) is 50.6. The average Bonchev–Trinajstić information content (AvgIpc) is 1.62. The van der Waals surface area contributed by atoms with Crippen molar-refractivity contribution in [3.63, 3.8) is 0 Å². The van der Waals surface area contributed by atoms with Crippen molar-refractivity contribution in [3.8, 4) is 0 Å². The Bertz CT molecular complexity index is 5590. The predicted octanol–water partition coefficient (Wildman–Crippen LogP) is 8.61. The fourth-order valence-electron chi connectivity index (χ4n) is 16.6. The number of pyridine rings is 7. The summed E-state index contributed by atoms with van der Waals surface area (Å²) >= 11 is 0. The summed E-state index contributed by atoms with van der Waals surface area (Å²) < 4.78 is 128. The van der Waals surface area contributed by atoms with E-state index < -0.39 is 169 Å². The van der Waals surface area contributed by atoms with Crippen LogP contribution in [0.15, 0.2) is 265 Å². The van der Waals surface area contributed by atoms with E-state index in [0.717, 1.165) is 30.3 Å². The maximum Gasteiger partial charge on any atom is 0.523 e. The number of esters is 3. The number of rotatable bonds is 20. The van der Waals surface area contributed by atoms with Crippen molar-refractivity contribution in [1.82, 2.24) is 32.4 Å². The Morgan fingerprint density at radius 3 is 0.921 bits per heavy atom. The smallest absolute Gasteiger partial charge is 0.454 e. The molecule has 0 aliphatic carbocycles. The third-order valence-electron chi connectivity index (χ3n) is 24.6. The molecule has 7 fully saturated rings. The molecule has 7 aromatic heterocycles. The monoisotopic (exact) mass is 1970 g/mol. The van der Waals surface area contributed by atoms with Gasteiger partial charge in [0, 0.05) is 122 Å². The summed E-state index contributed by atoms with van der Waals surface area (Å²) in [6.45, 7) is 21.9. The molecular formula is C98H124F3N7O30S. The van der Waals surface area contributed by atoms with Gasteiger partial charge in [-0.05, 0) is 105 Å². The van der Waals surface area contributed by atoms with E-state index in [-0.39, 0.29) is 81.4 Å². The first-order valence-electron chi connectivity index (χ1n) is 45.8. The van der Waals surface area contributed by atoms with Crippen molar-refractivity contribution < 1.29 is 123 Å². The molecule has 139 heavy (non-hydrogen) atoms. The molecule has 758 valence electrons. The molecular weight excluding hydrogens is 1840 g/mol. The maximum atomic E-state index is 12.6. The van der Waals surface area contributed by atoms with Gasteiger partial charge >= 0.3 is 33.5 Å². The summed E-state index contributed by atoms with van der Waals surface area (Å²) in [7, 11) is -5.79. The number of aromatic nitrogens is 7. The van der Waals surface area contributed by atoms with Gasteiger partial charge in [0.05, 0.1) is 54.4 Å². The zero-order valence-corrected chi connectivity index (χ0v) is 79.6. The van der Waals surface area contributed by atoms with E-state index in [4.69, 9.17) is 52.5 Å². The molecule has 0 amide bonds. The number of nitrogens with one attached hydrogen (secondary N) is 1. The fourth-order valence-corrected chi connectivity index (χ4v) is 17.3. The molecule has 14 heterocycles. The van der Waals surface area contributed by atoms with Gasteiger partial charge in [0.1, 0.15) is 48.8 Å². The number of hydrogen-bond acceptors (Lipinski definition) is 30. The first-order chi connectivity index (χ1) is 66.2. The van der Waals surface area contributed by atoms with Crippen LogP contribution in [0.4, 0.5) is 13.2 Å². The fraction of sp³-hybridized carbons (Fsp3) is 0.490. The van der Waals surface area contributed by atoms with Crippen LogP contribution in [0.5, 0.6) is 0 Å². The molecule has 9 aromatic rings. The molecule has 7 aliphatic rings. The second kappa shape index (κ2) is 52.2. The van der Waals surface area contributed by atoms with Crippen LogP contribution in [0.3, 0.4) is 0 Å². The third-order valence-corrected chi connectivity index (χ3v) is 25.6. The molecule has 0 spiro atoms. The Morgan fingerprint density at radius 1 is 0.345 bits per heavy atom. The van der Waals surface area contributed by atoms with Gasteiger partial charge in [0.15, 0.2) is 49.6 Å². The molecule has 8 N–H and O–H groups in total. The number of H-pyrrole nitrogens is 1. The Morgan fingerprint density at radius 2 is 0.626 bits per heavy atom. The van der Waals surface area contributed by atoms with Gasteiger partial charge in [-0.25, -0.2) is 9.59 Å². The molecule has 16 rings (SSSR count). The normalized spacial score (nSPS) is 29.7. The lowest BCUT2D eigenvalue weighted by molar-refractivity contribution is -0.186. The summed E-state index contributed by atoms with van der Waals surface area (Å²) in [4.78, 5) is 119. The van der Waals surface area contributed by atoms with Gasteiger partial charge in [-0.15, -0.1) is 0 Å². The number of aliphatic hydroxyl groups is 7. The highest BCUT2D eigenvalue weighted by molar-refractivity contribution is 7.87. The number of carbonyl (C=O) groups is 3. The van der Waals surface area contributed by atoms with Crippen molar-refractivity contribution >= 4 is 28.0 Å². The largest absolute Gasteiger partial charge is 0.523 e. The molecule has 0 radical (unpaired) electrons. The standard InChI is InChI=1S/C19H21NO4.C16H20O5.C13H16F3NO5S.2C12H17NO3.C11H15NO4.C10H13NO5.C5H5NO/c1-3-15-13(2)17(24-19(22)14-9-5-4-6-10-14)18(23-15)20-12-8-7-11-16(20)21;1-4-13-10(2)14(16(20-13)19-11(3)17)21-15(18)12-8-6-5-7-9-12;1-3-9-8(2)11(22-23(19,20)13(14,15)16)12(21-9)17-7-5-4-6-10(17)18;2*1-3-9-8(2)11(15)12(16-9)13-7-5-4-6-10(13)14;1-2-7-9(14)10(15)11(16-7)12-6-4-3-5-8(12)13;12-5-6-8(14)9(15)10(16-6)11-4-2-1-3-7(11)13;7-5-3-1-2-4-6-5/h4-13,15,17-18H,3H2,1-2H3;5-10,13-14,16H,4H2,1-3H3;4-9,11-12H,3H2,1-2H3;2*4-9,11-12,15H,3H2,1-2H3;3-7,9-11,14-15H,2H2,1H3;1-4,6,8-10,12,14-15H,5H2;1-4H,(H,6,7)/t13-,15-,17-,18-;10-,13-,14-,16-;3*8-,9-,11-,12-;7-,9-,10-,11-;6-,8-,9-,10-;/m1111111./s1. The zero-order chi connectivity index (χ0) is 102. The summed E-state index contributed by atoms with van der Waals surface area (Å²) in [5, 5.41) is 67.7. The Kier molecular flexibility index (Phi) is 41.8. The van der Waals surface area contributed by atoms with Crippen LogP contribution >= 0.6 is 0 Å². The van der Waals surface area contributed by atoms with Crippen molar-refractivity contribution in [3.05, 3.63) is 315 Å². The van der Waals surface area contributed by atoms with E-state index in [1.54, 1.807) is 159 Å². The minimum atomic E-state index is -5.79. The van der Waals surface area contributed by atoms with Gasteiger partial charge in [0.25, 0.3) is 33.4 Å². The average molecular weight is 1970 g/mol. The molecule has 0 saturated carbocycles. The molecule has 7 aliphatic heterocycles. The Balaban J connectivity index is 0.000000180. The number of nitrogens with zero attached hydrogens (tertiary/aromatic N) is 6. The van der Waals surface area contributed by atoms with Gasteiger partial charge in [-0.2, -0.15) is 21.6 Å². The van der Waals surface area contributed by atoms with Crippen molar-refractivity contribution in [2.24, 2.45) is 29.6 Å². The summed E-state index contributed by atoms with van der Waals surface area (Å²) in [5.41, 5.74) is -6.22. The minimum Gasteiger partial charge on any atom is -0.454 e. The molecule has 0 unspecified atom stereocenters. The number of benzene rings is 2. The number of aromatic amines is 1.